The lowest BCUT2D eigenvalue weighted by molar-refractivity contribution is -0.210. The molecule has 1 aliphatic carbocycles. The summed E-state index contributed by atoms with van der Waals surface area (Å²) >= 11 is 0. The van der Waals surface area contributed by atoms with Crippen molar-refractivity contribution < 1.29 is 43.2 Å². The van der Waals surface area contributed by atoms with Gasteiger partial charge >= 0.3 is 17.9 Å². The normalized spacial score (nSPS) is 26.1. The van der Waals surface area contributed by atoms with E-state index in [1.54, 1.807) is 91.0 Å². The van der Waals surface area contributed by atoms with Crippen LogP contribution >= 0.6 is 0 Å². The maximum absolute atomic E-state index is 13.3. The van der Waals surface area contributed by atoms with Gasteiger partial charge in [-0.3, -0.25) is 0 Å². The van der Waals surface area contributed by atoms with Gasteiger partial charge < -0.3 is 28.8 Å². The van der Waals surface area contributed by atoms with E-state index < -0.39 is 60.3 Å². The van der Waals surface area contributed by atoms with E-state index in [4.69, 9.17) is 23.7 Å². The smallest absolute Gasteiger partial charge is 0.338 e. The van der Waals surface area contributed by atoms with Gasteiger partial charge in [-0.15, -0.1) is 0 Å². The fraction of sp³-hybridized carbons (Fsp3) is 0.364. The Morgan fingerprint density at radius 3 is 1.71 bits per heavy atom. The number of benzene rings is 3. The molecular formula is C33H34O9. The van der Waals surface area contributed by atoms with Crippen LogP contribution in [0, 0.1) is 0 Å². The van der Waals surface area contributed by atoms with Crippen LogP contribution in [0.3, 0.4) is 0 Å². The van der Waals surface area contributed by atoms with Crippen LogP contribution in [0.4, 0.5) is 0 Å². The lowest BCUT2D eigenvalue weighted by Crippen LogP contribution is -2.66. The summed E-state index contributed by atoms with van der Waals surface area (Å²) in [5.74, 6) is -3.10. The summed E-state index contributed by atoms with van der Waals surface area (Å²) in [5, 5.41) is 12.2. The van der Waals surface area contributed by atoms with Gasteiger partial charge in [-0.05, 0) is 49.2 Å². The van der Waals surface area contributed by atoms with E-state index in [1.807, 2.05) is 13.8 Å². The summed E-state index contributed by atoms with van der Waals surface area (Å²) in [6, 6.07) is 24.9. The van der Waals surface area contributed by atoms with Crippen LogP contribution in [-0.4, -0.2) is 65.4 Å². The summed E-state index contributed by atoms with van der Waals surface area (Å²) in [6.45, 7) is 3.27. The van der Waals surface area contributed by atoms with Gasteiger partial charge in [0.15, 0.2) is 18.0 Å². The third-order valence-electron chi connectivity index (χ3n) is 7.83. The number of hydrogen-bond donors (Lipinski definition) is 1. The van der Waals surface area contributed by atoms with Crippen molar-refractivity contribution in [2.75, 3.05) is 6.61 Å². The minimum absolute atomic E-state index is 0.104. The Hall–Kier alpha value is -4.05. The highest BCUT2D eigenvalue weighted by Crippen LogP contribution is 2.46. The van der Waals surface area contributed by atoms with Crippen molar-refractivity contribution in [1.29, 1.82) is 0 Å². The van der Waals surface area contributed by atoms with Crippen molar-refractivity contribution >= 4 is 17.9 Å². The quantitative estimate of drug-likeness (QED) is 0.286. The largest absolute Gasteiger partial charge is 0.459 e. The Bertz CT molecular complexity index is 1370. The third kappa shape index (κ3) is 6.09. The molecule has 5 atom stereocenters. The molecule has 1 N–H and O–H groups in total. The first-order chi connectivity index (χ1) is 20.3. The molecular weight excluding hydrogens is 540 g/mol. The molecule has 0 amide bonds. The third-order valence-corrected chi connectivity index (χ3v) is 7.83. The summed E-state index contributed by atoms with van der Waals surface area (Å²) in [6.07, 6.45) is -3.48. The monoisotopic (exact) mass is 574 g/mol. The number of carbonyl (C=O) groups excluding carboxylic acids is 3. The second kappa shape index (κ2) is 12.4. The molecule has 3 aromatic rings. The van der Waals surface area contributed by atoms with Crippen LogP contribution in [0.1, 0.15) is 64.2 Å². The van der Waals surface area contributed by atoms with Crippen LogP contribution in [0.15, 0.2) is 91.0 Å². The van der Waals surface area contributed by atoms with Crippen molar-refractivity contribution in [2.45, 2.75) is 68.9 Å². The molecule has 9 heteroatoms. The van der Waals surface area contributed by atoms with Crippen LogP contribution in [-0.2, 0) is 23.7 Å². The van der Waals surface area contributed by atoms with Gasteiger partial charge in [-0.25, -0.2) is 14.4 Å². The zero-order valence-corrected chi connectivity index (χ0v) is 23.5. The molecule has 0 spiro atoms. The van der Waals surface area contributed by atoms with Gasteiger partial charge in [-0.2, -0.15) is 0 Å². The second-order valence-corrected chi connectivity index (χ2v) is 10.5. The standard InChI is InChI=1S/C33H34O9/c1-3-33(4-2)41-25-20-32(37,21-38-29(34)22-14-8-5-9-15-22)28(40-31(36)24-18-12-7-13-19-24)27(26(25)42-33)39-30(35)23-16-10-6-11-17-23/h5-19,25-28,37H,3-4,20-21H2,1-2H3/t25-,26-,27-,28+,32+/m1/s1. The molecule has 1 aliphatic heterocycles. The molecule has 42 heavy (non-hydrogen) atoms. The highest BCUT2D eigenvalue weighted by Gasteiger charge is 2.63. The Morgan fingerprint density at radius 1 is 0.738 bits per heavy atom. The molecule has 3 aromatic carbocycles. The van der Waals surface area contributed by atoms with Gasteiger partial charge in [0.25, 0.3) is 0 Å². The van der Waals surface area contributed by atoms with E-state index in [9.17, 15) is 19.5 Å². The molecule has 1 saturated carbocycles. The number of aliphatic hydroxyl groups is 1. The van der Waals surface area contributed by atoms with Gasteiger partial charge in [0, 0.05) is 6.42 Å². The molecule has 0 unspecified atom stereocenters. The molecule has 1 saturated heterocycles. The fourth-order valence-electron chi connectivity index (χ4n) is 5.48. The minimum Gasteiger partial charge on any atom is -0.459 e. The molecule has 1 heterocycles. The van der Waals surface area contributed by atoms with E-state index in [0.717, 1.165) is 0 Å². The average molecular weight is 575 g/mol. The Labute approximate surface area is 244 Å². The predicted molar refractivity (Wildman–Crippen MR) is 151 cm³/mol. The number of carbonyl (C=O) groups is 3. The zero-order valence-electron chi connectivity index (χ0n) is 23.5. The maximum Gasteiger partial charge on any atom is 0.338 e. The lowest BCUT2D eigenvalue weighted by atomic mass is 9.77. The molecule has 220 valence electrons. The summed E-state index contributed by atoms with van der Waals surface area (Å²) in [7, 11) is 0. The molecule has 2 fully saturated rings. The first-order valence-corrected chi connectivity index (χ1v) is 14.1. The van der Waals surface area contributed by atoms with Crippen LogP contribution < -0.4 is 0 Å². The fourth-order valence-corrected chi connectivity index (χ4v) is 5.48. The number of rotatable bonds is 9. The SMILES string of the molecule is CCC1(CC)O[C@H]2[C@@H](OC(=O)c3ccccc3)[C@H](OC(=O)c3ccccc3)[C@@](O)(COC(=O)c3ccccc3)C[C@H]2O1. The Kier molecular flexibility index (Phi) is 8.72. The van der Waals surface area contributed by atoms with Gasteiger partial charge in [0.05, 0.1) is 22.8 Å². The molecule has 0 radical (unpaired) electrons. The topological polar surface area (TPSA) is 118 Å². The molecule has 2 aliphatic rings. The van der Waals surface area contributed by atoms with E-state index in [1.165, 1.54) is 0 Å². The summed E-state index contributed by atoms with van der Waals surface area (Å²) < 4.78 is 30.2. The van der Waals surface area contributed by atoms with Crippen LogP contribution in [0.5, 0.6) is 0 Å². The minimum atomic E-state index is -1.99. The van der Waals surface area contributed by atoms with Crippen LogP contribution in [0.25, 0.3) is 0 Å². The zero-order chi connectivity index (χ0) is 29.7. The Balaban J connectivity index is 1.51. The van der Waals surface area contributed by atoms with Gasteiger partial charge in [0.2, 0.25) is 0 Å². The van der Waals surface area contributed by atoms with Gasteiger partial charge in [0.1, 0.15) is 18.3 Å². The first kappa shape index (κ1) is 29.4. The first-order valence-electron chi connectivity index (χ1n) is 14.1. The number of esters is 3. The predicted octanol–water partition coefficient (Wildman–Crippen LogP) is 4.73. The van der Waals surface area contributed by atoms with E-state index in [2.05, 4.69) is 0 Å². The van der Waals surface area contributed by atoms with Crippen molar-refractivity contribution in [2.24, 2.45) is 0 Å². The highest BCUT2D eigenvalue weighted by atomic mass is 16.8. The Morgan fingerprint density at radius 2 is 1.21 bits per heavy atom. The molecule has 0 bridgehead atoms. The summed E-state index contributed by atoms with van der Waals surface area (Å²) in [4.78, 5) is 39.5. The van der Waals surface area contributed by atoms with Crippen molar-refractivity contribution in [3.8, 4) is 0 Å². The summed E-state index contributed by atoms with van der Waals surface area (Å²) in [5.41, 5.74) is -1.20. The second-order valence-electron chi connectivity index (χ2n) is 10.5. The van der Waals surface area contributed by atoms with Gasteiger partial charge in [-0.1, -0.05) is 68.4 Å². The highest BCUT2D eigenvalue weighted by molar-refractivity contribution is 5.91. The van der Waals surface area contributed by atoms with E-state index in [-0.39, 0.29) is 23.1 Å². The van der Waals surface area contributed by atoms with E-state index >= 15 is 0 Å². The molecule has 9 nitrogen and oxygen atoms in total. The maximum atomic E-state index is 13.3. The van der Waals surface area contributed by atoms with Crippen LogP contribution in [0.2, 0.25) is 0 Å². The van der Waals surface area contributed by atoms with Crippen molar-refractivity contribution in [3.05, 3.63) is 108 Å². The van der Waals surface area contributed by atoms with Crippen molar-refractivity contribution in [1.82, 2.24) is 0 Å². The van der Waals surface area contributed by atoms with E-state index in [0.29, 0.717) is 12.8 Å². The average Bonchev–Trinajstić information content (AvgIpc) is 3.41. The molecule has 0 aromatic heterocycles. The lowest BCUT2D eigenvalue weighted by Gasteiger charge is -2.46. The molecule has 5 rings (SSSR count). The number of fused-ring (bicyclic) bond motifs is 1. The number of ether oxygens (including phenoxy) is 5. The van der Waals surface area contributed by atoms with Crippen molar-refractivity contribution in [3.63, 3.8) is 0 Å². The number of hydrogen-bond acceptors (Lipinski definition) is 9.